The third-order valence-corrected chi connectivity index (χ3v) is 3.80. The predicted molar refractivity (Wildman–Crippen MR) is 73.3 cm³/mol. The van der Waals surface area contributed by atoms with E-state index in [1.807, 2.05) is 30.3 Å². The monoisotopic (exact) mass is 280 g/mol. The van der Waals surface area contributed by atoms with E-state index in [0.29, 0.717) is 6.73 Å². The SMILES string of the molecule is COC[N+]1(C(O)C(=O)OCc2ccccc2)CCCC1. The Kier molecular flexibility index (Phi) is 5.11. The molecule has 1 aromatic rings. The van der Waals surface area contributed by atoms with Crippen molar-refractivity contribution in [2.75, 3.05) is 26.9 Å². The number of benzene rings is 1. The average molecular weight is 280 g/mol. The summed E-state index contributed by atoms with van der Waals surface area (Å²) in [6.45, 7) is 2.01. The molecule has 0 spiro atoms. The first-order valence-electron chi connectivity index (χ1n) is 6.91. The molecular formula is C15H22NO4+. The van der Waals surface area contributed by atoms with Gasteiger partial charge in [-0.15, -0.1) is 0 Å². The highest BCUT2D eigenvalue weighted by Gasteiger charge is 2.44. The number of nitrogens with zero attached hydrogens (tertiary/aromatic N) is 1. The van der Waals surface area contributed by atoms with Gasteiger partial charge in [-0.3, -0.25) is 4.48 Å². The second-order valence-corrected chi connectivity index (χ2v) is 5.26. The van der Waals surface area contributed by atoms with Gasteiger partial charge >= 0.3 is 5.97 Å². The van der Waals surface area contributed by atoms with Crippen LogP contribution in [0.5, 0.6) is 0 Å². The Hall–Kier alpha value is -1.43. The molecule has 1 N–H and O–H groups in total. The summed E-state index contributed by atoms with van der Waals surface area (Å²) in [7, 11) is 1.58. The summed E-state index contributed by atoms with van der Waals surface area (Å²) < 4.78 is 10.6. The summed E-state index contributed by atoms with van der Waals surface area (Å²) in [6, 6.07) is 9.45. The van der Waals surface area contributed by atoms with Gasteiger partial charge in [-0.2, -0.15) is 0 Å². The maximum Gasteiger partial charge on any atom is 0.395 e. The van der Waals surface area contributed by atoms with Gasteiger partial charge in [-0.1, -0.05) is 30.3 Å². The quantitative estimate of drug-likeness (QED) is 0.629. The van der Waals surface area contributed by atoms with E-state index >= 15 is 0 Å². The Bertz CT molecular complexity index is 429. The highest BCUT2D eigenvalue weighted by molar-refractivity contribution is 5.72. The van der Waals surface area contributed by atoms with Gasteiger partial charge in [-0.25, -0.2) is 4.79 Å². The Morgan fingerprint density at radius 1 is 1.30 bits per heavy atom. The fourth-order valence-corrected chi connectivity index (χ4v) is 2.69. The van der Waals surface area contributed by atoms with Crippen LogP contribution in [0.1, 0.15) is 18.4 Å². The zero-order chi connectivity index (χ0) is 14.4. The van der Waals surface area contributed by atoms with Crippen LogP contribution >= 0.6 is 0 Å². The lowest BCUT2D eigenvalue weighted by atomic mass is 10.2. The molecule has 5 heteroatoms. The highest BCUT2D eigenvalue weighted by Crippen LogP contribution is 2.23. The van der Waals surface area contributed by atoms with Crippen LogP contribution in [0.4, 0.5) is 0 Å². The number of ether oxygens (including phenoxy) is 2. The molecule has 2 rings (SSSR count). The summed E-state index contributed by atoms with van der Waals surface area (Å²) in [5, 5.41) is 10.3. The van der Waals surface area contributed by atoms with Crippen LogP contribution in [0, 0.1) is 0 Å². The minimum Gasteiger partial charge on any atom is -0.454 e. The summed E-state index contributed by atoms with van der Waals surface area (Å²) >= 11 is 0. The normalized spacial score (nSPS) is 18.7. The Morgan fingerprint density at radius 3 is 2.55 bits per heavy atom. The molecule has 5 nitrogen and oxygen atoms in total. The molecule has 1 saturated heterocycles. The molecule has 1 fully saturated rings. The minimum atomic E-state index is -1.17. The van der Waals surface area contributed by atoms with Crippen molar-refractivity contribution in [3.63, 3.8) is 0 Å². The van der Waals surface area contributed by atoms with Gasteiger partial charge in [-0.05, 0) is 5.56 Å². The van der Waals surface area contributed by atoms with Gasteiger partial charge < -0.3 is 14.6 Å². The largest absolute Gasteiger partial charge is 0.454 e. The molecular weight excluding hydrogens is 258 g/mol. The first-order chi connectivity index (χ1) is 9.68. The van der Waals surface area contributed by atoms with E-state index in [2.05, 4.69) is 0 Å². The third kappa shape index (κ3) is 3.36. The van der Waals surface area contributed by atoms with Crippen molar-refractivity contribution in [2.45, 2.75) is 25.7 Å². The fourth-order valence-electron chi connectivity index (χ4n) is 2.69. The van der Waals surface area contributed by atoms with Crippen LogP contribution in [-0.4, -0.2) is 48.7 Å². The maximum atomic E-state index is 12.0. The van der Waals surface area contributed by atoms with E-state index in [1.54, 1.807) is 7.11 Å². The van der Waals surface area contributed by atoms with Crippen molar-refractivity contribution in [3.8, 4) is 0 Å². The van der Waals surface area contributed by atoms with E-state index in [-0.39, 0.29) is 11.1 Å². The number of hydrogen-bond acceptors (Lipinski definition) is 4. The van der Waals surface area contributed by atoms with Crippen molar-refractivity contribution >= 4 is 5.97 Å². The number of aliphatic hydroxyl groups excluding tert-OH is 1. The van der Waals surface area contributed by atoms with E-state index in [4.69, 9.17) is 9.47 Å². The Morgan fingerprint density at radius 2 is 1.95 bits per heavy atom. The van der Waals surface area contributed by atoms with Crippen LogP contribution in [0.15, 0.2) is 30.3 Å². The van der Waals surface area contributed by atoms with Crippen LogP contribution < -0.4 is 0 Å². The van der Waals surface area contributed by atoms with Crippen molar-refractivity contribution in [3.05, 3.63) is 35.9 Å². The van der Waals surface area contributed by atoms with Crippen LogP contribution in [0.2, 0.25) is 0 Å². The van der Waals surface area contributed by atoms with Crippen LogP contribution in [-0.2, 0) is 20.9 Å². The molecule has 1 aliphatic heterocycles. The molecule has 0 saturated carbocycles. The smallest absolute Gasteiger partial charge is 0.395 e. The zero-order valence-corrected chi connectivity index (χ0v) is 11.8. The molecule has 1 unspecified atom stereocenters. The fraction of sp³-hybridized carbons (Fsp3) is 0.533. The second-order valence-electron chi connectivity index (χ2n) is 5.26. The van der Waals surface area contributed by atoms with E-state index in [1.165, 1.54) is 0 Å². The number of hydrogen-bond donors (Lipinski definition) is 1. The molecule has 1 heterocycles. The number of rotatable bonds is 6. The van der Waals surface area contributed by atoms with Gasteiger partial charge in [0.25, 0.3) is 6.23 Å². The lowest BCUT2D eigenvalue weighted by Gasteiger charge is -2.35. The Balaban J connectivity index is 1.93. The molecule has 1 atom stereocenters. The molecule has 0 aliphatic carbocycles. The summed E-state index contributed by atoms with van der Waals surface area (Å²) in [5.41, 5.74) is 0.910. The summed E-state index contributed by atoms with van der Waals surface area (Å²) in [5.74, 6) is -0.576. The number of quaternary nitrogens is 1. The molecule has 110 valence electrons. The number of carbonyl (C=O) groups is 1. The van der Waals surface area contributed by atoms with E-state index in [9.17, 15) is 9.90 Å². The number of esters is 1. The van der Waals surface area contributed by atoms with Gasteiger partial charge in [0, 0.05) is 20.0 Å². The van der Waals surface area contributed by atoms with Crippen molar-refractivity contribution in [1.82, 2.24) is 0 Å². The van der Waals surface area contributed by atoms with Crippen LogP contribution in [0.25, 0.3) is 0 Å². The van der Waals surface area contributed by atoms with Crippen molar-refractivity contribution in [1.29, 1.82) is 0 Å². The molecule has 0 bridgehead atoms. The zero-order valence-electron chi connectivity index (χ0n) is 11.8. The maximum absolute atomic E-state index is 12.0. The van der Waals surface area contributed by atoms with E-state index < -0.39 is 12.2 Å². The van der Waals surface area contributed by atoms with Gasteiger partial charge in [0.05, 0.1) is 13.1 Å². The lowest BCUT2D eigenvalue weighted by molar-refractivity contribution is -0.967. The van der Waals surface area contributed by atoms with Crippen molar-refractivity contribution in [2.24, 2.45) is 0 Å². The molecule has 20 heavy (non-hydrogen) atoms. The third-order valence-electron chi connectivity index (χ3n) is 3.80. The minimum absolute atomic E-state index is 0.184. The number of likely N-dealkylation sites (tertiary alicyclic amines) is 1. The summed E-state index contributed by atoms with van der Waals surface area (Å²) in [6.07, 6.45) is 0.819. The first-order valence-corrected chi connectivity index (χ1v) is 6.91. The number of carbonyl (C=O) groups excluding carboxylic acids is 1. The average Bonchev–Trinajstić information content (AvgIpc) is 2.95. The molecule has 1 aromatic carbocycles. The Labute approximate surface area is 119 Å². The first kappa shape index (κ1) is 15.0. The van der Waals surface area contributed by atoms with Gasteiger partial charge in [0.15, 0.2) is 6.73 Å². The van der Waals surface area contributed by atoms with Gasteiger partial charge in [0.2, 0.25) is 0 Å². The van der Waals surface area contributed by atoms with Crippen LogP contribution in [0.3, 0.4) is 0 Å². The molecule has 1 aliphatic rings. The number of aliphatic hydroxyl groups is 1. The highest BCUT2D eigenvalue weighted by atomic mass is 16.6. The topological polar surface area (TPSA) is 55.8 Å². The standard InChI is InChI=1S/C15H22NO4/c1-19-12-16(9-5-6-10-16)14(17)15(18)20-11-13-7-3-2-4-8-13/h2-4,7-8,14,17H,5-6,9-12H2,1H3/q+1. The predicted octanol–water partition coefficient (Wildman–Crippen LogP) is 1.26. The number of methoxy groups -OCH3 is 1. The van der Waals surface area contributed by atoms with E-state index in [0.717, 1.165) is 31.5 Å². The molecule has 0 amide bonds. The van der Waals surface area contributed by atoms with Gasteiger partial charge in [0.1, 0.15) is 6.61 Å². The second kappa shape index (κ2) is 6.83. The van der Waals surface area contributed by atoms with Crippen molar-refractivity contribution < 1.29 is 23.9 Å². The lowest BCUT2D eigenvalue weighted by Crippen LogP contribution is -2.58. The summed E-state index contributed by atoms with van der Waals surface area (Å²) in [4.78, 5) is 12.0. The molecule has 0 radical (unpaired) electrons. The molecule has 0 aromatic heterocycles.